The van der Waals surface area contributed by atoms with Crippen molar-refractivity contribution >= 4 is 46.4 Å². The Morgan fingerprint density at radius 1 is 1.30 bits per heavy atom. The summed E-state index contributed by atoms with van der Waals surface area (Å²) in [5.41, 5.74) is 0.434. The maximum Gasteiger partial charge on any atom is 0.238 e. The molecule has 20 heavy (non-hydrogen) atoms. The summed E-state index contributed by atoms with van der Waals surface area (Å²) in [7, 11) is 0. The molecule has 1 unspecified atom stereocenters. The Morgan fingerprint density at radius 3 is 2.70 bits per heavy atom. The monoisotopic (exact) mass is 336 g/mol. The molecule has 0 bridgehead atoms. The molecule has 1 aliphatic heterocycles. The third-order valence-electron chi connectivity index (χ3n) is 3.13. The lowest BCUT2D eigenvalue weighted by Gasteiger charge is -2.29. The van der Waals surface area contributed by atoms with Gasteiger partial charge in [0.1, 0.15) is 0 Å². The highest BCUT2D eigenvalue weighted by atomic mass is 35.5. The van der Waals surface area contributed by atoms with Crippen molar-refractivity contribution in [2.75, 3.05) is 25.0 Å². The number of aliphatic hydroxyl groups excluding tert-OH is 1. The highest BCUT2D eigenvalue weighted by molar-refractivity contribution is 6.44. The number of anilines is 1. The molecule has 7 heteroatoms. The highest BCUT2D eigenvalue weighted by Gasteiger charge is 2.20. The number of aliphatic hydroxyl groups is 1. The number of halogens is 3. The molecule has 1 aliphatic rings. The van der Waals surface area contributed by atoms with Gasteiger partial charge in [-0.1, -0.05) is 34.8 Å². The van der Waals surface area contributed by atoms with Crippen LogP contribution in [0.15, 0.2) is 12.1 Å². The Kier molecular flexibility index (Phi) is 5.52. The topological polar surface area (TPSA) is 52.6 Å². The molecule has 1 fully saturated rings. The number of hydrogen-bond acceptors (Lipinski definition) is 3. The predicted molar refractivity (Wildman–Crippen MR) is 81.8 cm³/mol. The average Bonchev–Trinajstić information content (AvgIpc) is 2.36. The largest absolute Gasteiger partial charge is 0.392 e. The Balaban J connectivity index is 1.96. The maximum atomic E-state index is 12.0. The van der Waals surface area contributed by atoms with Crippen LogP contribution in [-0.2, 0) is 4.79 Å². The molecule has 1 amide bonds. The summed E-state index contributed by atoms with van der Waals surface area (Å²) in [6.45, 7) is 1.54. The fraction of sp³-hybridized carbons (Fsp3) is 0.462. The van der Waals surface area contributed by atoms with Crippen molar-refractivity contribution in [1.29, 1.82) is 0 Å². The van der Waals surface area contributed by atoms with Crippen LogP contribution in [0.4, 0.5) is 5.69 Å². The van der Waals surface area contributed by atoms with Gasteiger partial charge in [-0.05, 0) is 31.5 Å². The molecule has 1 aromatic rings. The standard InChI is InChI=1S/C13H15Cl3N2O2/c14-9-4-11(16)12(5-10(9)15)17-13(20)7-18-3-1-2-8(19)6-18/h4-5,8,19H,1-3,6-7H2,(H,17,20). The van der Waals surface area contributed by atoms with Crippen molar-refractivity contribution in [2.24, 2.45) is 0 Å². The molecule has 1 saturated heterocycles. The minimum Gasteiger partial charge on any atom is -0.392 e. The van der Waals surface area contributed by atoms with Gasteiger partial charge in [0, 0.05) is 6.54 Å². The zero-order valence-corrected chi connectivity index (χ0v) is 13.0. The Morgan fingerprint density at radius 2 is 2.00 bits per heavy atom. The number of hydrogen-bond donors (Lipinski definition) is 2. The lowest BCUT2D eigenvalue weighted by atomic mass is 10.1. The van der Waals surface area contributed by atoms with Gasteiger partial charge in [0.15, 0.2) is 0 Å². The van der Waals surface area contributed by atoms with Crippen LogP contribution in [0.2, 0.25) is 15.1 Å². The van der Waals surface area contributed by atoms with Gasteiger partial charge >= 0.3 is 0 Å². The number of carbonyl (C=O) groups is 1. The first-order valence-corrected chi connectivity index (χ1v) is 7.44. The molecule has 2 N–H and O–H groups in total. The maximum absolute atomic E-state index is 12.0. The summed E-state index contributed by atoms with van der Waals surface area (Å²) in [6, 6.07) is 3.01. The van der Waals surface area contributed by atoms with Crippen LogP contribution >= 0.6 is 34.8 Å². The SMILES string of the molecule is O=C(CN1CCCC(O)C1)Nc1cc(Cl)c(Cl)cc1Cl. The summed E-state index contributed by atoms with van der Waals surface area (Å²) in [6.07, 6.45) is 1.32. The molecule has 0 aromatic heterocycles. The molecule has 1 atom stereocenters. The second-order valence-corrected chi connectivity index (χ2v) is 6.05. The zero-order chi connectivity index (χ0) is 14.7. The van der Waals surface area contributed by atoms with Gasteiger partial charge in [-0.3, -0.25) is 9.69 Å². The molecule has 0 saturated carbocycles. The minimum absolute atomic E-state index is 0.195. The number of rotatable bonds is 3. The smallest absolute Gasteiger partial charge is 0.238 e. The van der Waals surface area contributed by atoms with Gasteiger partial charge in [-0.2, -0.15) is 0 Å². The van der Waals surface area contributed by atoms with Crippen molar-refractivity contribution in [3.63, 3.8) is 0 Å². The molecule has 1 aromatic carbocycles. The van der Waals surface area contributed by atoms with E-state index in [-0.39, 0.29) is 18.6 Å². The summed E-state index contributed by atoms with van der Waals surface area (Å²) in [4.78, 5) is 13.9. The van der Waals surface area contributed by atoms with E-state index in [1.54, 1.807) is 0 Å². The van der Waals surface area contributed by atoms with Crippen LogP contribution in [0, 0.1) is 0 Å². The number of amides is 1. The zero-order valence-electron chi connectivity index (χ0n) is 10.7. The average molecular weight is 338 g/mol. The Bertz CT molecular complexity index is 511. The summed E-state index contributed by atoms with van der Waals surface area (Å²) >= 11 is 17.7. The highest BCUT2D eigenvalue weighted by Crippen LogP contribution is 2.32. The number of likely N-dealkylation sites (tertiary alicyclic amines) is 1. The van der Waals surface area contributed by atoms with Crippen molar-refractivity contribution in [1.82, 2.24) is 4.90 Å². The van der Waals surface area contributed by atoms with Gasteiger partial charge < -0.3 is 10.4 Å². The van der Waals surface area contributed by atoms with E-state index in [1.165, 1.54) is 12.1 Å². The molecule has 0 spiro atoms. The normalized spacial score (nSPS) is 19.9. The first-order valence-electron chi connectivity index (χ1n) is 6.30. The van der Waals surface area contributed by atoms with Crippen LogP contribution in [0.3, 0.4) is 0 Å². The number of carbonyl (C=O) groups excluding carboxylic acids is 1. The summed E-state index contributed by atoms with van der Waals surface area (Å²) in [5.74, 6) is -0.195. The van der Waals surface area contributed by atoms with Crippen LogP contribution in [0.1, 0.15) is 12.8 Å². The van der Waals surface area contributed by atoms with E-state index in [0.29, 0.717) is 27.3 Å². The van der Waals surface area contributed by atoms with Crippen LogP contribution in [0.5, 0.6) is 0 Å². The second-order valence-electron chi connectivity index (χ2n) is 4.83. The van der Waals surface area contributed by atoms with Gasteiger partial charge in [0.05, 0.1) is 33.4 Å². The lowest BCUT2D eigenvalue weighted by Crippen LogP contribution is -2.42. The van der Waals surface area contributed by atoms with E-state index in [4.69, 9.17) is 34.8 Å². The summed E-state index contributed by atoms with van der Waals surface area (Å²) in [5, 5.41) is 13.3. The first kappa shape index (κ1) is 15.9. The third kappa shape index (κ3) is 4.24. The van der Waals surface area contributed by atoms with Crippen LogP contribution < -0.4 is 5.32 Å². The lowest BCUT2D eigenvalue weighted by molar-refractivity contribution is -0.118. The first-order chi connectivity index (χ1) is 9.45. The van der Waals surface area contributed by atoms with E-state index < -0.39 is 0 Å². The van der Waals surface area contributed by atoms with Crippen molar-refractivity contribution < 1.29 is 9.90 Å². The fourth-order valence-corrected chi connectivity index (χ4v) is 2.78. The number of nitrogens with zero attached hydrogens (tertiary/aromatic N) is 1. The van der Waals surface area contributed by atoms with E-state index in [1.807, 2.05) is 4.90 Å². The Hall–Kier alpha value is -0.520. The van der Waals surface area contributed by atoms with Gasteiger partial charge in [0.2, 0.25) is 5.91 Å². The van der Waals surface area contributed by atoms with E-state index >= 15 is 0 Å². The number of β-amino-alcohol motifs (C(OH)–C–C–N with tert-alkyl or cyclic N) is 1. The van der Waals surface area contributed by atoms with Crippen molar-refractivity contribution in [2.45, 2.75) is 18.9 Å². The van der Waals surface area contributed by atoms with E-state index in [0.717, 1.165) is 19.4 Å². The van der Waals surface area contributed by atoms with Crippen molar-refractivity contribution in [3.05, 3.63) is 27.2 Å². The van der Waals surface area contributed by atoms with Crippen LogP contribution in [-0.4, -0.2) is 41.7 Å². The van der Waals surface area contributed by atoms with Gasteiger partial charge in [-0.15, -0.1) is 0 Å². The number of benzene rings is 1. The van der Waals surface area contributed by atoms with Gasteiger partial charge in [-0.25, -0.2) is 0 Å². The summed E-state index contributed by atoms with van der Waals surface area (Å²) < 4.78 is 0. The number of piperidine rings is 1. The fourth-order valence-electron chi connectivity index (χ4n) is 2.19. The molecule has 1 heterocycles. The molecule has 0 aliphatic carbocycles. The molecular formula is C13H15Cl3N2O2. The van der Waals surface area contributed by atoms with Crippen LogP contribution in [0.25, 0.3) is 0 Å². The van der Waals surface area contributed by atoms with Crippen molar-refractivity contribution in [3.8, 4) is 0 Å². The minimum atomic E-state index is -0.356. The molecule has 0 radical (unpaired) electrons. The van der Waals surface area contributed by atoms with Gasteiger partial charge in [0.25, 0.3) is 0 Å². The molecular weight excluding hydrogens is 323 g/mol. The van der Waals surface area contributed by atoms with E-state index in [9.17, 15) is 9.90 Å². The second kappa shape index (κ2) is 6.96. The molecule has 110 valence electrons. The quantitative estimate of drug-likeness (QED) is 0.834. The third-order valence-corrected chi connectivity index (χ3v) is 4.17. The van der Waals surface area contributed by atoms with E-state index in [2.05, 4.69) is 5.32 Å². The molecule has 4 nitrogen and oxygen atoms in total. The predicted octanol–water partition coefficient (Wildman–Crippen LogP) is 3.04. The molecule has 2 rings (SSSR count). The Labute approximate surface area is 132 Å². The number of nitrogens with one attached hydrogen (secondary N) is 1.